The second-order valence-electron chi connectivity index (χ2n) is 3.98. The average Bonchev–Trinajstić information content (AvgIpc) is 2.77. The van der Waals surface area contributed by atoms with Crippen LogP contribution in [0.3, 0.4) is 0 Å². The minimum atomic E-state index is -0.997. The fourth-order valence-electron chi connectivity index (χ4n) is 1.42. The molecule has 1 heterocycles. The van der Waals surface area contributed by atoms with Gasteiger partial charge in [0.1, 0.15) is 6.04 Å². The summed E-state index contributed by atoms with van der Waals surface area (Å²) < 4.78 is 0. The number of thioether (sulfide) groups is 1. The molecule has 1 rings (SSSR count). The Labute approximate surface area is 120 Å². The maximum absolute atomic E-state index is 11.7. The molecule has 0 aliphatic rings. The predicted molar refractivity (Wildman–Crippen MR) is 80.7 cm³/mol. The zero-order valence-electron chi connectivity index (χ0n) is 10.9. The molecule has 0 saturated heterocycles. The molecule has 0 aromatic carbocycles. The number of aryl methyl sites for hydroxylation is 1. The van der Waals surface area contributed by atoms with Crippen molar-refractivity contribution in [2.24, 2.45) is 0 Å². The second-order valence-corrected chi connectivity index (χ2v) is 5.92. The van der Waals surface area contributed by atoms with E-state index >= 15 is 0 Å². The third kappa shape index (κ3) is 5.48. The first-order chi connectivity index (χ1) is 9.04. The average molecular weight is 299 g/mol. The van der Waals surface area contributed by atoms with Crippen molar-refractivity contribution in [1.82, 2.24) is 5.32 Å². The van der Waals surface area contributed by atoms with Crippen LogP contribution < -0.4 is 5.32 Å². The molecule has 0 radical (unpaired) electrons. The van der Waals surface area contributed by atoms with E-state index in [2.05, 4.69) is 5.32 Å². The Bertz CT molecular complexity index is 468. The number of hydrogen-bond acceptors (Lipinski definition) is 4. The number of carboxylic acids is 1. The molecule has 0 aliphatic heterocycles. The Hall–Kier alpha value is -1.27. The summed E-state index contributed by atoms with van der Waals surface area (Å²) in [5.41, 5.74) is 1.10. The predicted octanol–water partition coefficient (Wildman–Crippen LogP) is 2.39. The van der Waals surface area contributed by atoms with Gasteiger partial charge in [0.05, 0.1) is 0 Å². The highest BCUT2D eigenvalue weighted by atomic mass is 32.2. The van der Waals surface area contributed by atoms with Gasteiger partial charge >= 0.3 is 5.97 Å². The number of amides is 1. The van der Waals surface area contributed by atoms with Gasteiger partial charge in [-0.25, -0.2) is 4.79 Å². The highest BCUT2D eigenvalue weighted by Gasteiger charge is 2.17. The van der Waals surface area contributed by atoms with Crippen LogP contribution in [-0.4, -0.2) is 35.0 Å². The van der Waals surface area contributed by atoms with E-state index in [0.717, 1.165) is 10.4 Å². The molecule has 0 unspecified atom stereocenters. The molecule has 0 saturated carbocycles. The monoisotopic (exact) mass is 299 g/mol. The van der Waals surface area contributed by atoms with Gasteiger partial charge in [0.15, 0.2) is 0 Å². The summed E-state index contributed by atoms with van der Waals surface area (Å²) in [5.74, 6) is -0.672. The summed E-state index contributed by atoms with van der Waals surface area (Å²) in [6.45, 7) is 1.96. The minimum Gasteiger partial charge on any atom is -0.480 e. The van der Waals surface area contributed by atoms with Gasteiger partial charge in [-0.15, -0.1) is 11.3 Å². The van der Waals surface area contributed by atoms with Crippen LogP contribution >= 0.6 is 23.1 Å². The van der Waals surface area contributed by atoms with Crippen LogP contribution in [0.15, 0.2) is 17.5 Å². The van der Waals surface area contributed by atoms with E-state index in [-0.39, 0.29) is 5.91 Å². The van der Waals surface area contributed by atoms with E-state index in [1.165, 1.54) is 6.08 Å². The van der Waals surface area contributed by atoms with Crippen LogP contribution in [0, 0.1) is 6.92 Å². The lowest BCUT2D eigenvalue weighted by Crippen LogP contribution is -2.40. The maximum atomic E-state index is 11.7. The number of aliphatic carboxylic acids is 1. The first kappa shape index (κ1) is 15.8. The molecule has 6 heteroatoms. The van der Waals surface area contributed by atoms with Crippen LogP contribution in [0.25, 0.3) is 6.08 Å². The first-order valence-corrected chi connectivity index (χ1v) is 8.06. The molecule has 0 fully saturated rings. The number of hydrogen-bond donors (Lipinski definition) is 2. The highest BCUT2D eigenvalue weighted by molar-refractivity contribution is 7.98. The second kappa shape index (κ2) is 8.01. The molecule has 1 amide bonds. The topological polar surface area (TPSA) is 66.4 Å². The fourth-order valence-corrected chi connectivity index (χ4v) is 2.71. The lowest BCUT2D eigenvalue weighted by atomic mass is 10.2. The summed E-state index contributed by atoms with van der Waals surface area (Å²) in [6.07, 6.45) is 5.42. The summed E-state index contributed by atoms with van der Waals surface area (Å²) >= 11 is 3.10. The molecular formula is C13H17NO3S2. The Morgan fingerprint density at radius 3 is 2.84 bits per heavy atom. The van der Waals surface area contributed by atoms with Crippen molar-refractivity contribution in [3.63, 3.8) is 0 Å². The Kier molecular flexibility index (Phi) is 6.66. The molecule has 19 heavy (non-hydrogen) atoms. The van der Waals surface area contributed by atoms with Crippen molar-refractivity contribution >= 4 is 41.1 Å². The largest absolute Gasteiger partial charge is 0.480 e. The number of carbonyl (C=O) groups excluding carboxylic acids is 1. The van der Waals surface area contributed by atoms with Gasteiger partial charge in [-0.1, -0.05) is 0 Å². The van der Waals surface area contributed by atoms with E-state index in [1.54, 1.807) is 29.2 Å². The van der Waals surface area contributed by atoms with Gasteiger partial charge in [-0.3, -0.25) is 4.79 Å². The first-order valence-electron chi connectivity index (χ1n) is 5.79. The van der Waals surface area contributed by atoms with Gasteiger partial charge in [-0.2, -0.15) is 11.8 Å². The van der Waals surface area contributed by atoms with Crippen LogP contribution in [0.5, 0.6) is 0 Å². The molecule has 0 aliphatic carbocycles. The molecule has 0 bridgehead atoms. The summed E-state index contributed by atoms with van der Waals surface area (Å²) in [5, 5.41) is 13.4. The molecular weight excluding hydrogens is 282 g/mol. The molecule has 0 spiro atoms. The summed E-state index contributed by atoms with van der Waals surface area (Å²) in [4.78, 5) is 23.7. The third-order valence-electron chi connectivity index (χ3n) is 2.51. The van der Waals surface area contributed by atoms with Crippen LogP contribution in [0.1, 0.15) is 16.9 Å². The van der Waals surface area contributed by atoms with Crippen molar-refractivity contribution < 1.29 is 14.7 Å². The van der Waals surface area contributed by atoms with E-state index in [9.17, 15) is 9.59 Å². The zero-order valence-corrected chi connectivity index (χ0v) is 12.5. The summed E-state index contributed by atoms with van der Waals surface area (Å²) in [6, 6.07) is 1.15. The lowest BCUT2D eigenvalue weighted by molar-refractivity contribution is -0.141. The fraction of sp³-hybridized carbons (Fsp3) is 0.385. The number of nitrogens with one attached hydrogen (secondary N) is 1. The zero-order chi connectivity index (χ0) is 14.3. The molecule has 1 aromatic heterocycles. The third-order valence-corrected chi connectivity index (χ3v) is 4.14. The molecule has 4 nitrogen and oxygen atoms in total. The van der Waals surface area contributed by atoms with E-state index < -0.39 is 12.0 Å². The van der Waals surface area contributed by atoms with Gasteiger partial charge in [0.2, 0.25) is 5.91 Å². The van der Waals surface area contributed by atoms with E-state index in [1.807, 2.05) is 24.6 Å². The Balaban J connectivity index is 2.55. The van der Waals surface area contributed by atoms with E-state index in [4.69, 9.17) is 5.11 Å². The SMILES string of the molecule is CSCC[C@@H](NC(=O)/C=C/c1sccc1C)C(=O)O. The number of rotatable bonds is 7. The smallest absolute Gasteiger partial charge is 0.326 e. The van der Waals surface area contributed by atoms with E-state index in [0.29, 0.717) is 12.2 Å². The summed E-state index contributed by atoms with van der Waals surface area (Å²) in [7, 11) is 0. The number of carbonyl (C=O) groups is 2. The van der Waals surface area contributed by atoms with Crippen molar-refractivity contribution in [3.05, 3.63) is 28.0 Å². The Morgan fingerprint density at radius 2 is 2.32 bits per heavy atom. The number of thiophene rings is 1. The standard InChI is InChI=1S/C13H17NO3S2/c1-9-5-8-19-11(9)3-4-12(15)14-10(13(16)17)6-7-18-2/h3-5,8,10H,6-7H2,1-2H3,(H,14,15)(H,16,17)/b4-3+/t10-/m1/s1. The highest BCUT2D eigenvalue weighted by Crippen LogP contribution is 2.16. The molecule has 1 aromatic rings. The van der Waals surface area contributed by atoms with Crippen molar-refractivity contribution in [3.8, 4) is 0 Å². The molecule has 104 valence electrons. The lowest BCUT2D eigenvalue weighted by Gasteiger charge is -2.12. The van der Waals surface area contributed by atoms with Gasteiger partial charge in [0.25, 0.3) is 0 Å². The quantitative estimate of drug-likeness (QED) is 0.759. The van der Waals surface area contributed by atoms with Gasteiger partial charge < -0.3 is 10.4 Å². The maximum Gasteiger partial charge on any atom is 0.326 e. The van der Waals surface area contributed by atoms with Crippen LogP contribution in [-0.2, 0) is 9.59 Å². The van der Waals surface area contributed by atoms with Crippen molar-refractivity contribution in [1.29, 1.82) is 0 Å². The van der Waals surface area contributed by atoms with Crippen molar-refractivity contribution in [2.75, 3.05) is 12.0 Å². The normalized spacial score (nSPS) is 12.5. The van der Waals surface area contributed by atoms with Crippen molar-refractivity contribution in [2.45, 2.75) is 19.4 Å². The molecule has 1 atom stereocenters. The minimum absolute atomic E-state index is 0.374. The molecule has 2 N–H and O–H groups in total. The number of carboxylic acid groups (broad SMARTS) is 1. The van der Waals surface area contributed by atoms with Gasteiger partial charge in [0, 0.05) is 11.0 Å². The van der Waals surface area contributed by atoms with Crippen LogP contribution in [0.2, 0.25) is 0 Å². The Morgan fingerprint density at radius 1 is 1.58 bits per heavy atom. The van der Waals surface area contributed by atoms with Gasteiger partial charge in [-0.05, 0) is 48.4 Å². The van der Waals surface area contributed by atoms with Crippen LogP contribution in [0.4, 0.5) is 0 Å².